The minimum Gasteiger partial charge on any atom is -0.320 e. The van der Waals surface area contributed by atoms with Gasteiger partial charge in [0.25, 0.3) is 5.91 Å². The fraction of sp³-hybridized carbons (Fsp3) is 0.333. The van der Waals surface area contributed by atoms with Crippen LogP contribution in [0.5, 0.6) is 0 Å². The van der Waals surface area contributed by atoms with E-state index in [1.54, 1.807) is 23.0 Å². The van der Waals surface area contributed by atoms with Crippen LogP contribution in [0.4, 0.5) is 5.69 Å². The third-order valence-corrected chi connectivity index (χ3v) is 5.06. The van der Waals surface area contributed by atoms with Crippen molar-refractivity contribution in [3.63, 3.8) is 0 Å². The van der Waals surface area contributed by atoms with Gasteiger partial charge in [0.05, 0.1) is 22.4 Å². The average Bonchev–Trinajstić information content (AvgIpc) is 3.32. The number of carbonyl (C=O) groups excluding carboxylic acids is 1. The van der Waals surface area contributed by atoms with Crippen LogP contribution in [0.1, 0.15) is 35.1 Å². The Kier molecular flexibility index (Phi) is 6.33. The Labute approximate surface area is 173 Å². The third kappa shape index (κ3) is 4.04. The lowest BCUT2D eigenvalue weighted by atomic mass is 10.1. The Morgan fingerprint density at radius 2 is 2.11 bits per heavy atom. The quantitative estimate of drug-likeness (QED) is 0.675. The highest BCUT2D eigenvalue weighted by molar-refractivity contribution is 6.32. The second-order valence-corrected chi connectivity index (χ2v) is 6.93. The minimum absolute atomic E-state index is 0. The molecule has 0 saturated carbocycles. The van der Waals surface area contributed by atoms with E-state index in [9.17, 15) is 4.79 Å². The number of halogens is 2. The lowest BCUT2D eigenvalue weighted by Gasteiger charge is -2.23. The predicted octanol–water partition coefficient (Wildman–Crippen LogP) is 3.02. The summed E-state index contributed by atoms with van der Waals surface area (Å²) in [5.41, 5.74) is 2.45. The number of carbonyl (C=O) groups is 1. The van der Waals surface area contributed by atoms with Crippen molar-refractivity contribution in [1.82, 2.24) is 30.1 Å². The van der Waals surface area contributed by atoms with Crippen LogP contribution in [0.15, 0.2) is 36.7 Å². The van der Waals surface area contributed by atoms with E-state index in [2.05, 4.69) is 26.0 Å². The lowest BCUT2D eigenvalue weighted by molar-refractivity contribution is 0.102. The smallest absolute Gasteiger partial charge is 0.278 e. The van der Waals surface area contributed by atoms with E-state index in [4.69, 9.17) is 11.6 Å². The Bertz CT molecular complexity index is 949. The molecule has 0 spiro atoms. The first kappa shape index (κ1) is 20.3. The Morgan fingerprint density at radius 1 is 1.32 bits per heavy atom. The molecule has 2 N–H and O–H groups in total. The van der Waals surface area contributed by atoms with Crippen molar-refractivity contribution in [3.8, 4) is 5.69 Å². The first-order valence-corrected chi connectivity index (χ1v) is 9.24. The van der Waals surface area contributed by atoms with Gasteiger partial charge in [0.1, 0.15) is 0 Å². The molecule has 28 heavy (non-hydrogen) atoms. The predicted molar refractivity (Wildman–Crippen MR) is 110 cm³/mol. The fourth-order valence-corrected chi connectivity index (χ4v) is 3.59. The van der Waals surface area contributed by atoms with E-state index in [0.717, 1.165) is 37.3 Å². The summed E-state index contributed by atoms with van der Waals surface area (Å²) in [6, 6.07) is 7.39. The van der Waals surface area contributed by atoms with Crippen molar-refractivity contribution in [2.45, 2.75) is 25.8 Å². The first-order chi connectivity index (χ1) is 13.1. The Morgan fingerprint density at radius 3 is 2.79 bits per heavy atom. The van der Waals surface area contributed by atoms with E-state index in [1.165, 1.54) is 0 Å². The van der Waals surface area contributed by atoms with Crippen molar-refractivity contribution in [3.05, 3.63) is 53.1 Å². The van der Waals surface area contributed by atoms with Gasteiger partial charge in [-0.05, 0) is 57.1 Å². The van der Waals surface area contributed by atoms with Gasteiger partial charge in [-0.2, -0.15) is 5.10 Å². The van der Waals surface area contributed by atoms with Gasteiger partial charge in [0.2, 0.25) is 0 Å². The van der Waals surface area contributed by atoms with Gasteiger partial charge in [-0.25, -0.2) is 9.36 Å². The topological polar surface area (TPSA) is 89.7 Å². The molecule has 1 amide bonds. The van der Waals surface area contributed by atoms with E-state index < -0.39 is 0 Å². The van der Waals surface area contributed by atoms with Gasteiger partial charge >= 0.3 is 0 Å². The van der Waals surface area contributed by atoms with Crippen molar-refractivity contribution in [2.75, 3.05) is 18.4 Å². The zero-order valence-corrected chi connectivity index (χ0v) is 16.9. The van der Waals surface area contributed by atoms with Gasteiger partial charge in [-0.1, -0.05) is 16.8 Å². The molecular weight excluding hydrogens is 401 g/mol. The molecule has 1 saturated heterocycles. The molecule has 1 fully saturated rings. The van der Waals surface area contributed by atoms with Crippen LogP contribution in [-0.4, -0.2) is 43.8 Å². The molecule has 0 unspecified atom stereocenters. The second kappa shape index (κ2) is 8.72. The first-order valence-electron chi connectivity index (χ1n) is 8.87. The van der Waals surface area contributed by atoms with Crippen LogP contribution in [0.2, 0.25) is 5.02 Å². The van der Waals surface area contributed by atoms with E-state index >= 15 is 0 Å². The number of aromatic nitrogens is 5. The zero-order valence-electron chi connectivity index (χ0n) is 15.3. The van der Waals surface area contributed by atoms with Crippen LogP contribution in [0.25, 0.3) is 5.69 Å². The SMILES string of the molecule is Cc1c(C(=O)Nc2ccc(-n3cccn3)c(Cl)c2)nnn1C1CCNCC1.Cl. The van der Waals surface area contributed by atoms with Crippen LogP contribution in [0, 0.1) is 6.92 Å². The van der Waals surface area contributed by atoms with Crippen LogP contribution < -0.4 is 10.6 Å². The second-order valence-electron chi connectivity index (χ2n) is 6.52. The number of rotatable bonds is 4. The summed E-state index contributed by atoms with van der Waals surface area (Å²) in [5.74, 6) is -0.296. The lowest BCUT2D eigenvalue weighted by Crippen LogP contribution is -2.30. The molecule has 0 bridgehead atoms. The molecule has 3 heterocycles. The van der Waals surface area contributed by atoms with Crippen LogP contribution in [-0.2, 0) is 0 Å². The number of anilines is 1. The third-order valence-electron chi connectivity index (χ3n) is 4.75. The molecule has 3 aromatic rings. The fourth-order valence-electron chi connectivity index (χ4n) is 3.32. The molecular formula is C18H21Cl2N7O. The number of piperidine rings is 1. The molecule has 0 atom stereocenters. The summed E-state index contributed by atoms with van der Waals surface area (Å²) >= 11 is 6.34. The maximum atomic E-state index is 12.7. The summed E-state index contributed by atoms with van der Waals surface area (Å²) in [6.45, 7) is 3.78. The standard InChI is InChI=1S/C18H20ClN7O.ClH/c1-12-17(23-24-26(12)14-5-8-20-9-6-14)18(27)22-13-3-4-16(15(19)11-13)25-10-2-7-21-25;/h2-4,7,10-11,14,20H,5-6,8-9H2,1H3,(H,22,27);1H. The molecule has 4 rings (SSSR count). The number of amides is 1. The Hall–Kier alpha value is -2.42. The number of hydrogen-bond donors (Lipinski definition) is 2. The van der Waals surface area contributed by atoms with Crippen molar-refractivity contribution >= 4 is 35.6 Å². The summed E-state index contributed by atoms with van der Waals surface area (Å²) in [5, 5.41) is 19.1. The van der Waals surface area contributed by atoms with Crippen molar-refractivity contribution < 1.29 is 4.79 Å². The number of nitrogens with zero attached hydrogens (tertiary/aromatic N) is 5. The van der Waals surface area contributed by atoms with Gasteiger partial charge in [0, 0.05) is 18.1 Å². The number of benzene rings is 1. The van der Waals surface area contributed by atoms with Crippen LogP contribution in [0.3, 0.4) is 0 Å². The monoisotopic (exact) mass is 421 g/mol. The van der Waals surface area contributed by atoms with Gasteiger partial charge in [-0.3, -0.25) is 4.79 Å². The highest BCUT2D eigenvalue weighted by Gasteiger charge is 2.23. The van der Waals surface area contributed by atoms with Gasteiger partial charge in [-0.15, -0.1) is 17.5 Å². The van der Waals surface area contributed by atoms with Crippen LogP contribution >= 0.6 is 24.0 Å². The molecule has 0 aliphatic carbocycles. The van der Waals surface area contributed by atoms with E-state index in [-0.39, 0.29) is 24.4 Å². The van der Waals surface area contributed by atoms with Crippen molar-refractivity contribution in [2.24, 2.45) is 0 Å². The van der Waals surface area contributed by atoms with E-state index in [0.29, 0.717) is 16.4 Å². The van der Waals surface area contributed by atoms with Gasteiger partial charge < -0.3 is 10.6 Å². The highest BCUT2D eigenvalue weighted by atomic mass is 35.5. The van der Waals surface area contributed by atoms with Gasteiger partial charge in [0.15, 0.2) is 5.69 Å². The van der Waals surface area contributed by atoms with Crippen molar-refractivity contribution in [1.29, 1.82) is 0 Å². The summed E-state index contributed by atoms with van der Waals surface area (Å²) in [4.78, 5) is 12.7. The summed E-state index contributed by atoms with van der Waals surface area (Å²) < 4.78 is 3.53. The molecule has 148 valence electrons. The molecule has 1 aromatic carbocycles. The molecule has 8 nitrogen and oxygen atoms in total. The average molecular weight is 422 g/mol. The molecule has 2 aromatic heterocycles. The zero-order chi connectivity index (χ0) is 18.8. The minimum atomic E-state index is -0.296. The normalized spacial score (nSPS) is 14.5. The number of hydrogen-bond acceptors (Lipinski definition) is 5. The Balaban J connectivity index is 0.00000225. The summed E-state index contributed by atoms with van der Waals surface area (Å²) in [6.07, 6.45) is 5.45. The molecule has 10 heteroatoms. The molecule has 1 aliphatic heterocycles. The number of nitrogens with one attached hydrogen (secondary N) is 2. The van der Waals surface area contributed by atoms with E-state index in [1.807, 2.05) is 29.9 Å². The molecule has 1 aliphatic rings. The summed E-state index contributed by atoms with van der Waals surface area (Å²) in [7, 11) is 0. The molecule has 0 radical (unpaired) electrons. The highest BCUT2D eigenvalue weighted by Crippen LogP contribution is 2.25. The maximum Gasteiger partial charge on any atom is 0.278 e. The maximum absolute atomic E-state index is 12.7. The largest absolute Gasteiger partial charge is 0.320 e.